The van der Waals surface area contributed by atoms with Crippen LogP contribution in [0.3, 0.4) is 0 Å². The summed E-state index contributed by atoms with van der Waals surface area (Å²) in [4.78, 5) is 1.85. The van der Waals surface area contributed by atoms with Crippen molar-refractivity contribution in [3.05, 3.63) is 59.4 Å². The van der Waals surface area contributed by atoms with Crippen molar-refractivity contribution in [1.29, 1.82) is 0 Å². The maximum Gasteiger partial charge on any atom is 0.146 e. The molecule has 2 rings (SSSR count). The Morgan fingerprint density at radius 1 is 1.20 bits per heavy atom. The molecule has 3 nitrogen and oxygen atoms in total. The molecule has 0 radical (unpaired) electrons. The van der Waals surface area contributed by atoms with Crippen LogP contribution in [-0.4, -0.2) is 14.2 Å². The zero-order chi connectivity index (χ0) is 14.5. The summed E-state index contributed by atoms with van der Waals surface area (Å²) in [5, 5.41) is 0. The molecule has 0 amide bonds. The average molecular weight is 274 g/mol. The summed E-state index contributed by atoms with van der Waals surface area (Å²) < 4.78 is 19.1. The topological polar surface area (TPSA) is 38.5 Å². The maximum atomic E-state index is 13.8. The third-order valence-corrected chi connectivity index (χ3v) is 3.25. The molecule has 20 heavy (non-hydrogen) atoms. The molecule has 106 valence electrons. The van der Waals surface area contributed by atoms with Crippen molar-refractivity contribution in [2.24, 2.45) is 5.73 Å². The number of hydrogen-bond donors (Lipinski definition) is 1. The molecule has 0 aliphatic rings. The van der Waals surface area contributed by atoms with E-state index in [1.165, 1.54) is 6.07 Å². The molecule has 0 saturated heterocycles. The van der Waals surface area contributed by atoms with Gasteiger partial charge in [-0.05, 0) is 29.8 Å². The number of halogens is 1. The maximum absolute atomic E-state index is 13.8. The number of ether oxygens (including phenoxy) is 1. The fourth-order valence-corrected chi connectivity index (χ4v) is 2.18. The van der Waals surface area contributed by atoms with Gasteiger partial charge in [0.25, 0.3) is 0 Å². The Balaban J connectivity index is 2.27. The predicted molar refractivity (Wildman–Crippen MR) is 79.4 cm³/mol. The minimum Gasteiger partial charge on any atom is -0.496 e. The van der Waals surface area contributed by atoms with E-state index in [1.807, 2.05) is 36.2 Å². The van der Waals surface area contributed by atoms with E-state index in [0.29, 0.717) is 18.8 Å². The summed E-state index contributed by atoms with van der Waals surface area (Å²) in [7, 11) is 3.48. The third-order valence-electron chi connectivity index (χ3n) is 3.25. The predicted octanol–water partition coefficient (Wildman–Crippen LogP) is 2.93. The molecule has 2 aromatic rings. The van der Waals surface area contributed by atoms with Crippen LogP contribution in [0.25, 0.3) is 0 Å². The highest BCUT2D eigenvalue weighted by Crippen LogP contribution is 2.25. The molecule has 0 unspecified atom stereocenters. The lowest BCUT2D eigenvalue weighted by atomic mass is 10.1. The summed E-state index contributed by atoms with van der Waals surface area (Å²) in [6, 6.07) is 12.5. The second kappa shape index (κ2) is 6.39. The van der Waals surface area contributed by atoms with E-state index >= 15 is 0 Å². The van der Waals surface area contributed by atoms with Crippen LogP contribution in [-0.2, 0) is 13.1 Å². The largest absolute Gasteiger partial charge is 0.496 e. The summed E-state index contributed by atoms with van der Waals surface area (Å²) in [5.41, 5.74) is 8.24. The van der Waals surface area contributed by atoms with Crippen molar-refractivity contribution in [2.45, 2.75) is 13.1 Å². The molecule has 0 aliphatic heterocycles. The summed E-state index contributed by atoms with van der Waals surface area (Å²) in [5.74, 6) is 0.550. The molecular weight excluding hydrogens is 255 g/mol. The number of benzene rings is 2. The Labute approximate surface area is 118 Å². The number of anilines is 1. The van der Waals surface area contributed by atoms with Crippen LogP contribution in [0.15, 0.2) is 42.5 Å². The smallest absolute Gasteiger partial charge is 0.146 e. The van der Waals surface area contributed by atoms with Crippen molar-refractivity contribution < 1.29 is 9.13 Å². The van der Waals surface area contributed by atoms with Crippen molar-refractivity contribution in [3.63, 3.8) is 0 Å². The van der Waals surface area contributed by atoms with Gasteiger partial charge in [0.2, 0.25) is 0 Å². The van der Waals surface area contributed by atoms with Crippen molar-refractivity contribution in [1.82, 2.24) is 0 Å². The lowest BCUT2D eigenvalue weighted by molar-refractivity contribution is 0.409. The van der Waals surface area contributed by atoms with Gasteiger partial charge in [-0.3, -0.25) is 0 Å². The molecule has 0 fully saturated rings. The molecule has 0 aromatic heterocycles. The van der Waals surface area contributed by atoms with E-state index in [1.54, 1.807) is 19.2 Å². The Hall–Kier alpha value is -2.07. The van der Waals surface area contributed by atoms with Crippen LogP contribution in [0.4, 0.5) is 10.1 Å². The van der Waals surface area contributed by atoms with Gasteiger partial charge < -0.3 is 15.4 Å². The number of nitrogens with zero attached hydrogens (tertiary/aromatic N) is 1. The zero-order valence-electron chi connectivity index (χ0n) is 11.8. The molecule has 0 saturated carbocycles. The lowest BCUT2D eigenvalue weighted by Gasteiger charge is -2.21. The molecule has 2 N–H and O–H groups in total. The quantitative estimate of drug-likeness (QED) is 0.911. The van der Waals surface area contributed by atoms with Crippen molar-refractivity contribution >= 4 is 5.69 Å². The fourth-order valence-electron chi connectivity index (χ4n) is 2.18. The van der Waals surface area contributed by atoms with E-state index in [2.05, 4.69) is 0 Å². The highest BCUT2D eigenvalue weighted by atomic mass is 19.1. The molecule has 0 bridgehead atoms. The molecule has 0 spiro atoms. The van der Waals surface area contributed by atoms with E-state index in [9.17, 15) is 4.39 Å². The SMILES string of the molecule is COc1ccc(CN)cc1CN(C)c1ccccc1F. The van der Waals surface area contributed by atoms with Gasteiger partial charge in [-0.2, -0.15) is 0 Å². The van der Waals surface area contributed by atoms with Crippen LogP contribution in [0.1, 0.15) is 11.1 Å². The van der Waals surface area contributed by atoms with Crippen LogP contribution < -0.4 is 15.4 Å². The first-order valence-corrected chi connectivity index (χ1v) is 6.47. The molecule has 0 aliphatic carbocycles. The Morgan fingerprint density at radius 3 is 2.60 bits per heavy atom. The summed E-state index contributed by atoms with van der Waals surface area (Å²) >= 11 is 0. The van der Waals surface area contributed by atoms with E-state index in [4.69, 9.17) is 10.5 Å². The second-order valence-electron chi connectivity index (χ2n) is 4.66. The number of hydrogen-bond acceptors (Lipinski definition) is 3. The fraction of sp³-hybridized carbons (Fsp3) is 0.250. The van der Waals surface area contributed by atoms with Crippen LogP contribution >= 0.6 is 0 Å². The molecule has 4 heteroatoms. The highest BCUT2D eigenvalue weighted by molar-refractivity contribution is 5.49. The standard InChI is InChI=1S/C16H19FN2O/c1-19(15-6-4-3-5-14(15)17)11-13-9-12(10-18)7-8-16(13)20-2/h3-9H,10-11,18H2,1-2H3. The Morgan fingerprint density at radius 2 is 1.95 bits per heavy atom. The van der Waals surface area contributed by atoms with Gasteiger partial charge in [0, 0.05) is 25.7 Å². The van der Waals surface area contributed by atoms with E-state index in [-0.39, 0.29) is 5.82 Å². The minimum absolute atomic E-state index is 0.232. The zero-order valence-corrected chi connectivity index (χ0v) is 11.8. The van der Waals surface area contributed by atoms with Gasteiger partial charge in [-0.1, -0.05) is 18.2 Å². The van der Waals surface area contributed by atoms with Crippen LogP contribution in [0.2, 0.25) is 0 Å². The highest BCUT2D eigenvalue weighted by Gasteiger charge is 2.11. The van der Waals surface area contributed by atoms with Gasteiger partial charge in [0.1, 0.15) is 11.6 Å². The van der Waals surface area contributed by atoms with Gasteiger partial charge in [0.15, 0.2) is 0 Å². The average Bonchev–Trinajstić information content (AvgIpc) is 2.47. The number of rotatable bonds is 5. The third kappa shape index (κ3) is 3.08. The second-order valence-corrected chi connectivity index (χ2v) is 4.66. The van der Waals surface area contributed by atoms with Gasteiger partial charge in [0.05, 0.1) is 12.8 Å². The van der Waals surface area contributed by atoms with Crippen molar-refractivity contribution in [2.75, 3.05) is 19.1 Å². The van der Waals surface area contributed by atoms with Gasteiger partial charge in [-0.15, -0.1) is 0 Å². The molecule has 0 heterocycles. The summed E-state index contributed by atoms with van der Waals surface area (Å²) in [6.45, 7) is 1.03. The van der Waals surface area contributed by atoms with E-state index in [0.717, 1.165) is 16.9 Å². The minimum atomic E-state index is -0.232. The van der Waals surface area contributed by atoms with Gasteiger partial charge in [-0.25, -0.2) is 4.39 Å². The molecule has 0 atom stereocenters. The Bertz CT molecular complexity index is 586. The first-order chi connectivity index (χ1) is 9.65. The number of para-hydroxylation sites is 1. The Kier molecular flexibility index (Phi) is 4.58. The number of methoxy groups -OCH3 is 1. The first kappa shape index (κ1) is 14.3. The molecule has 2 aromatic carbocycles. The first-order valence-electron chi connectivity index (χ1n) is 6.47. The van der Waals surface area contributed by atoms with Crippen LogP contribution in [0, 0.1) is 5.82 Å². The van der Waals surface area contributed by atoms with Crippen LogP contribution in [0.5, 0.6) is 5.75 Å². The van der Waals surface area contributed by atoms with Gasteiger partial charge >= 0.3 is 0 Å². The number of nitrogens with two attached hydrogens (primary N) is 1. The normalized spacial score (nSPS) is 10.4. The summed E-state index contributed by atoms with van der Waals surface area (Å²) in [6.07, 6.45) is 0. The molecular formula is C16H19FN2O. The van der Waals surface area contributed by atoms with E-state index < -0.39 is 0 Å². The van der Waals surface area contributed by atoms with Crippen molar-refractivity contribution in [3.8, 4) is 5.75 Å². The monoisotopic (exact) mass is 274 g/mol. The lowest BCUT2D eigenvalue weighted by Crippen LogP contribution is -2.18.